The highest BCUT2D eigenvalue weighted by Crippen LogP contribution is 2.73. The van der Waals surface area contributed by atoms with E-state index in [1.165, 1.54) is 38.5 Å². The van der Waals surface area contributed by atoms with Gasteiger partial charge in [0, 0.05) is 0 Å². The molecule has 0 aromatic rings. The molecule has 4 rings (SSSR count). The molecule has 0 bridgehead atoms. The van der Waals surface area contributed by atoms with E-state index in [0.717, 1.165) is 36.7 Å². The Labute approximate surface area is 198 Å². The van der Waals surface area contributed by atoms with Crippen molar-refractivity contribution in [2.45, 2.75) is 112 Å². The molecule has 4 aliphatic carbocycles. The van der Waals surface area contributed by atoms with Crippen molar-refractivity contribution in [1.82, 2.24) is 0 Å². The number of allylic oxidation sites excluding steroid dienone is 3. The molecule has 0 heterocycles. The normalized spacial score (nSPS) is 46.7. The number of aliphatic hydroxyl groups is 2. The summed E-state index contributed by atoms with van der Waals surface area (Å²) in [7, 11) is 0. The van der Waals surface area contributed by atoms with Gasteiger partial charge in [-0.3, -0.25) is 0 Å². The Morgan fingerprint density at radius 2 is 1.81 bits per heavy atom. The van der Waals surface area contributed by atoms with Crippen molar-refractivity contribution >= 4 is 0 Å². The van der Waals surface area contributed by atoms with Gasteiger partial charge >= 0.3 is 0 Å². The van der Waals surface area contributed by atoms with E-state index in [1.54, 1.807) is 0 Å². The highest BCUT2D eigenvalue weighted by Gasteiger charge is 2.65. The molecule has 2 N–H and O–H groups in total. The second-order valence-electron chi connectivity index (χ2n) is 13.6. The van der Waals surface area contributed by atoms with Crippen molar-refractivity contribution < 1.29 is 10.2 Å². The van der Waals surface area contributed by atoms with Gasteiger partial charge in [-0.2, -0.15) is 0 Å². The molecule has 0 aromatic carbocycles. The van der Waals surface area contributed by atoms with Gasteiger partial charge in [-0.1, -0.05) is 64.8 Å². The van der Waals surface area contributed by atoms with Gasteiger partial charge in [-0.15, -0.1) is 0 Å². The molecule has 0 aromatic heterocycles. The van der Waals surface area contributed by atoms with Crippen molar-refractivity contribution in [2.24, 2.45) is 45.3 Å². The molecule has 3 saturated carbocycles. The molecule has 3 fully saturated rings. The number of hydrogen-bond acceptors (Lipinski definition) is 2. The van der Waals surface area contributed by atoms with E-state index in [0.29, 0.717) is 28.1 Å². The molecule has 0 saturated heterocycles. The number of rotatable bonds is 5. The van der Waals surface area contributed by atoms with Crippen molar-refractivity contribution in [3.8, 4) is 0 Å². The van der Waals surface area contributed by atoms with Gasteiger partial charge in [0.2, 0.25) is 0 Å². The quantitative estimate of drug-likeness (QED) is 0.438. The summed E-state index contributed by atoms with van der Waals surface area (Å²) < 4.78 is 0. The van der Waals surface area contributed by atoms with Crippen LogP contribution < -0.4 is 0 Å². The van der Waals surface area contributed by atoms with E-state index in [4.69, 9.17) is 0 Å². The Kier molecular flexibility index (Phi) is 6.33. The summed E-state index contributed by atoms with van der Waals surface area (Å²) in [6.45, 7) is 17.2. The molecular weight excluding hydrogens is 392 g/mol. The Hall–Kier alpha value is -0.600. The summed E-state index contributed by atoms with van der Waals surface area (Å²) in [4.78, 5) is 0. The molecule has 4 aliphatic rings. The fourth-order valence-electron chi connectivity index (χ4n) is 9.51. The second-order valence-corrected chi connectivity index (χ2v) is 13.6. The monoisotopic (exact) mass is 442 g/mol. The predicted octanol–water partition coefficient (Wildman–Crippen LogP) is 7.31. The maximum absolute atomic E-state index is 10.8. The fraction of sp³-hybridized carbons (Fsp3) is 0.867. The largest absolute Gasteiger partial charge is 0.393 e. The molecule has 8 atom stereocenters. The average molecular weight is 443 g/mol. The van der Waals surface area contributed by atoms with Crippen LogP contribution in [0.25, 0.3) is 0 Å². The van der Waals surface area contributed by atoms with Crippen molar-refractivity contribution in [1.29, 1.82) is 0 Å². The zero-order chi connectivity index (χ0) is 23.5. The van der Waals surface area contributed by atoms with Gasteiger partial charge in [0.05, 0.1) is 12.7 Å². The third-order valence-corrected chi connectivity index (χ3v) is 11.9. The van der Waals surface area contributed by atoms with E-state index in [-0.39, 0.29) is 18.1 Å². The first-order valence-corrected chi connectivity index (χ1v) is 13.6. The molecule has 0 spiro atoms. The molecule has 0 amide bonds. The van der Waals surface area contributed by atoms with E-state index < -0.39 is 0 Å². The summed E-state index contributed by atoms with van der Waals surface area (Å²) >= 11 is 0. The lowest BCUT2D eigenvalue weighted by molar-refractivity contribution is -0.131. The lowest BCUT2D eigenvalue weighted by Gasteiger charge is -2.64. The highest BCUT2D eigenvalue weighted by atomic mass is 16.3. The van der Waals surface area contributed by atoms with Crippen molar-refractivity contribution in [2.75, 3.05) is 6.61 Å². The zero-order valence-electron chi connectivity index (χ0n) is 22.0. The van der Waals surface area contributed by atoms with Crippen LogP contribution >= 0.6 is 0 Å². The SMILES string of the molecule is C/C(=C/CCC(C)[C@@H]1CC[C@]2(C)C3=CCC4C(C)(C)[C@H](O)CC[C@]4(C)C3CC[C@@]12C)CO. The van der Waals surface area contributed by atoms with E-state index in [1.807, 2.05) is 12.5 Å². The molecule has 2 heteroatoms. The van der Waals surface area contributed by atoms with Crippen molar-refractivity contribution in [3.63, 3.8) is 0 Å². The van der Waals surface area contributed by atoms with Crippen LogP contribution in [0.4, 0.5) is 0 Å². The van der Waals surface area contributed by atoms with E-state index >= 15 is 0 Å². The van der Waals surface area contributed by atoms with Crippen LogP contribution in [0.1, 0.15) is 106 Å². The maximum atomic E-state index is 10.8. The Morgan fingerprint density at radius 3 is 2.50 bits per heavy atom. The van der Waals surface area contributed by atoms with Crippen LogP contribution in [-0.2, 0) is 0 Å². The average Bonchev–Trinajstić information content (AvgIpc) is 3.02. The molecule has 182 valence electrons. The molecule has 0 aliphatic heterocycles. The summed E-state index contributed by atoms with van der Waals surface area (Å²) in [5, 5.41) is 20.1. The minimum Gasteiger partial charge on any atom is -0.393 e. The minimum absolute atomic E-state index is 0.0175. The minimum atomic E-state index is -0.153. The molecule has 3 unspecified atom stereocenters. The third-order valence-electron chi connectivity index (χ3n) is 11.9. The van der Waals surface area contributed by atoms with Crippen LogP contribution in [0.3, 0.4) is 0 Å². The maximum Gasteiger partial charge on any atom is 0.0639 e. The van der Waals surface area contributed by atoms with Crippen LogP contribution in [-0.4, -0.2) is 22.9 Å². The first-order valence-electron chi connectivity index (χ1n) is 13.6. The summed E-state index contributed by atoms with van der Waals surface area (Å²) in [5.41, 5.74) is 4.01. The van der Waals surface area contributed by atoms with Gasteiger partial charge in [0.1, 0.15) is 0 Å². The predicted molar refractivity (Wildman–Crippen MR) is 134 cm³/mol. The molecule has 0 radical (unpaired) electrons. The Bertz CT molecular complexity index is 778. The topological polar surface area (TPSA) is 40.5 Å². The van der Waals surface area contributed by atoms with E-state index in [9.17, 15) is 10.2 Å². The van der Waals surface area contributed by atoms with Crippen LogP contribution in [0.15, 0.2) is 23.3 Å². The van der Waals surface area contributed by atoms with Crippen LogP contribution in [0.2, 0.25) is 0 Å². The van der Waals surface area contributed by atoms with E-state index in [2.05, 4.69) is 53.7 Å². The third kappa shape index (κ3) is 3.41. The second kappa shape index (κ2) is 8.26. The first kappa shape index (κ1) is 24.5. The molecular formula is C30H50O2. The fourth-order valence-corrected chi connectivity index (χ4v) is 9.51. The zero-order valence-corrected chi connectivity index (χ0v) is 22.0. The standard InChI is InChI=1S/C30H50O2/c1-20(19-31)9-8-10-21(2)22-13-17-30(7)24-11-12-25-27(3,4)26(32)15-16-28(25,5)23(24)14-18-29(22,30)6/h9,11,21-23,25-26,31-32H,8,10,12-19H2,1-7H3/b20-9-/t21?,22-,23?,25?,26+,28+,29-,30+/m0/s1. The Morgan fingerprint density at radius 1 is 1.09 bits per heavy atom. The Balaban J connectivity index is 1.59. The molecule has 32 heavy (non-hydrogen) atoms. The van der Waals surface area contributed by atoms with Crippen LogP contribution in [0, 0.1) is 45.3 Å². The first-order chi connectivity index (χ1) is 14.9. The number of aliphatic hydroxyl groups excluding tert-OH is 2. The lowest BCUT2D eigenvalue weighted by Crippen LogP contribution is -2.58. The van der Waals surface area contributed by atoms with Gasteiger partial charge in [0.15, 0.2) is 0 Å². The summed E-state index contributed by atoms with van der Waals surface area (Å²) in [6, 6.07) is 0. The summed E-state index contributed by atoms with van der Waals surface area (Å²) in [5.74, 6) is 2.83. The van der Waals surface area contributed by atoms with Gasteiger partial charge in [-0.25, -0.2) is 0 Å². The lowest BCUT2D eigenvalue weighted by atomic mass is 9.41. The molecule has 2 nitrogen and oxygen atoms in total. The van der Waals surface area contributed by atoms with Gasteiger partial charge < -0.3 is 10.2 Å². The van der Waals surface area contributed by atoms with Crippen LogP contribution in [0.5, 0.6) is 0 Å². The van der Waals surface area contributed by atoms with Gasteiger partial charge in [0.25, 0.3) is 0 Å². The number of fused-ring (bicyclic) bond motifs is 5. The summed E-state index contributed by atoms with van der Waals surface area (Å²) in [6.07, 6.45) is 15.8. The number of hydrogen-bond donors (Lipinski definition) is 2. The van der Waals surface area contributed by atoms with Crippen molar-refractivity contribution in [3.05, 3.63) is 23.3 Å². The smallest absolute Gasteiger partial charge is 0.0639 e. The van der Waals surface area contributed by atoms with Gasteiger partial charge in [-0.05, 0) is 110 Å². The highest BCUT2D eigenvalue weighted by molar-refractivity contribution is 5.33.